The van der Waals surface area contributed by atoms with Crippen LogP contribution >= 0.6 is 11.8 Å². The highest BCUT2D eigenvalue weighted by Gasteiger charge is 2.23. The average molecular weight is 398 g/mol. The first-order chi connectivity index (χ1) is 13.5. The first-order valence-corrected chi connectivity index (χ1v) is 9.88. The van der Waals surface area contributed by atoms with Crippen molar-refractivity contribution in [3.05, 3.63) is 52.8 Å². The minimum absolute atomic E-state index is 0.104. The van der Waals surface area contributed by atoms with Crippen molar-refractivity contribution in [3.63, 3.8) is 0 Å². The predicted molar refractivity (Wildman–Crippen MR) is 108 cm³/mol. The van der Waals surface area contributed by atoms with Crippen molar-refractivity contribution in [3.8, 4) is 11.4 Å². The molecule has 1 aromatic carbocycles. The fraction of sp³-hybridized carbons (Fsp3) is 0.300. The number of esters is 1. The number of Topliss-reactive ketones (excluding diaryl/α,β-unsaturated/α-hetero) is 1. The number of ketones is 1. The van der Waals surface area contributed by atoms with Crippen LogP contribution in [0.25, 0.3) is 11.4 Å². The Bertz CT molecular complexity index is 1010. The lowest BCUT2D eigenvalue weighted by Gasteiger charge is -2.07. The van der Waals surface area contributed by atoms with Crippen LogP contribution in [0.2, 0.25) is 0 Å². The quantitative estimate of drug-likeness (QED) is 0.371. The summed E-state index contributed by atoms with van der Waals surface area (Å²) >= 11 is 1.33. The Kier molecular flexibility index (Phi) is 5.99. The molecule has 3 rings (SSSR count). The summed E-state index contributed by atoms with van der Waals surface area (Å²) in [6.45, 7) is 6.21. The Hall–Kier alpha value is -2.87. The molecule has 2 heterocycles. The maximum Gasteiger partial charge on any atom is 0.339 e. The van der Waals surface area contributed by atoms with E-state index in [4.69, 9.17) is 4.74 Å². The SMILES string of the molecule is CCn1c(SCC(=O)c2[nH]c(C)c(C(=O)OC)c2C)nnc1-c1ccccc1. The maximum absolute atomic E-state index is 12.7. The lowest BCUT2D eigenvalue weighted by molar-refractivity contribution is 0.0599. The molecule has 0 spiro atoms. The van der Waals surface area contributed by atoms with Crippen LogP contribution in [0.5, 0.6) is 0 Å². The molecule has 7 nitrogen and oxygen atoms in total. The van der Waals surface area contributed by atoms with E-state index in [-0.39, 0.29) is 11.5 Å². The Morgan fingerprint density at radius 1 is 1.18 bits per heavy atom. The summed E-state index contributed by atoms with van der Waals surface area (Å²) in [7, 11) is 1.33. The summed E-state index contributed by atoms with van der Waals surface area (Å²) in [5.74, 6) is 0.413. The van der Waals surface area contributed by atoms with Gasteiger partial charge in [-0.3, -0.25) is 4.79 Å². The highest BCUT2D eigenvalue weighted by Crippen LogP contribution is 2.26. The number of aromatic amines is 1. The number of hydrogen-bond acceptors (Lipinski definition) is 6. The van der Waals surface area contributed by atoms with Crippen LogP contribution < -0.4 is 0 Å². The van der Waals surface area contributed by atoms with Crippen LogP contribution in [-0.2, 0) is 11.3 Å². The number of carbonyl (C=O) groups excluding carboxylic acids is 2. The largest absolute Gasteiger partial charge is 0.465 e. The molecule has 28 heavy (non-hydrogen) atoms. The third kappa shape index (κ3) is 3.73. The molecule has 0 aliphatic heterocycles. The highest BCUT2D eigenvalue weighted by molar-refractivity contribution is 7.99. The predicted octanol–water partition coefficient (Wildman–Crippen LogP) is 3.67. The lowest BCUT2D eigenvalue weighted by Crippen LogP contribution is -2.08. The van der Waals surface area contributed by atoms with Gasteiger partial charge in [-0.25, -0.2) is 4.79 Å². The van der Waals surface area contributed by atoms with Gasteiger partial charge in [-0.1, -0.05) is 42.1 Å². The minimum atomic E-state index is -0.448. The average Bonchev–Trinajstić information content (AvgIpc) is 3.26. The summed E-state index contributed by atoms with van der Waals surface area (Å²) in [4.78, 5) is 27.7. The molecule has 0 fully saturated rings. The van der Waals surface area contributed by atoms with E-state index >= 15 is 0 Å². The number of methoxy groups -OCH3 is 1. The number of aryl methyl sites for hydroxylation is 1. The van der Waals surface area contributed by atoms with Gasteiger partial charge in [0.15, 0.2) is 16.8 Å². The van der Waals surface area contributed by atoms with Gasteiger partial charge in [0.2, 0.25) is 0 Å². The van der Waals surface area contributed by atoms with Gasteiger partial charge in [-0.2, -0.15) is 0 Å². The van der Waals surface area contributed by atoms with Crippen molar-refractivity contribution in [2.45, 2.75) is 32.5 Å². The zero-order chi connectivity index (χ0) is 20.3. The topological polar surface area (TPSA) is 89.9 Å². The number of nitrogens with one attached hydrogen (secondary N) is 1. The number of thioether (sulfide) groups is 1. The first-order valence-electron chi connectivity index (χ1n) is 8.90. The molecule has 1 N–H and O–H groups in total. The number of ether oxygens (including phenoxy) is 1. The highest BCUT2D eigenvalue weighted by atomic mass is 32.2. The molecule has 0 unspecified atom stereocenters. The molecule has 0 saturated carbocycles. The van der Waals surface area contributed by atoms with E-state index in [9.17, 15) is 9.59 Å². The van der Waals surface area contributed by atoms with Crippen LogP contribution in [-0.4, -0.2) is 44.4 Å². The number of aromatic nitrogens is 4. The van der Waals surface area contributed by atoms with Crippen molar-refractivity contribution in [2.24, 2.45) is 0 Å². The number of benzene rings is 1. The van der Waals surface area contributed by atoms with E-state index in [2.05, 4.69) is 15.2 Å². The van der Waals surface area contributed by atoms with Crippen LogP contribution in [0.1, 0.15) is 39.0 Å². The zero-order valence-corrected chi connectivity index (χ0v) is 17.1. The molecule has 0 bridgehead atoms. The van der Waals surface area contributed by atoms with Crippen molar-refractivity contribution < 1.29 is 14.3 Å². The number of nitrogens with zero attached hydrogens (tertiary/aromatic N) is 3. The third-order valence-electron chi connectivity index (χ3n) is 4.50. The van der Waals surface area contributed by atoms with E-state index in [1.165, 1.54) is 18.9 Å². The van der Waals surface area contributed by atoms with Gasteiger partial charge in [0.05, 0.1) is 24.1 Å². The molecule has 0 amide bonds. The number of carbonyl (C=O) groups is 2. The number of H-pyrrole nitrogens is 1. The Morgan fingerprint density at radius 3 is 2.54 bits per heavy atom. The molecule has 0 atom stereocenters. The second-order valence-electron chi connectivity index (χ2n) is 6.24. The summed E-state index contributed by atoms with van der Waals surface area (Å²) < 4.78 is 6.78. The molecule has 2 aromatic heterocycles. The van der Waals surface area contributed by atoms with Gasteiger partial charge in [0, 0.05) is 17.8 Å². The molecular weight excluding hydrogens is 376 g/mol. The maximum atomic E-state index is 12.7. The second-order valence-corrected chi connectivity index (χ2v) is 7.19. The normalized spacial score (nSPS) is 10.9. The zero-order valence-electron chi connectivity index (χ0n) is 16.3. The summed E-state index contributed by atoms with van der Waals surface area (Å²) in [5, 5.41) is 9.23. The summed E-state index contributed by atoms with van der Waals surface area (Å²) in [5.41, 5.74) is 3.06. The van der Waals surface area contributed by atoms with Gasteiger partial charge in [0.1, 0.15) is 0 Å². The summed E-state index contributed by atoms with van der Waals surface area (Å²) in [6, 6.07) is 9.82. The number of hydrogen-bond donors (Lipinski definition) is 1. The van der Waals surface area contributed by atoms with Crippen LogP contribution in [0.15, 0.2) is 35.5 Å². The molecule has 8 heteroatoms. The molecule has 0 radical (unpaired) electrons. The van der Waals surface area contributed by atoms with Gasteiger partial charge in [-0.15, -0.1) is 10.2 Å². The Labute approximate surface area is 167 Å². The molecule has 0 saturated heterocycles. The van der Waals surface area contributed by atoms with Gasteiger partial charge < -0.3 is 14.3 Å². The molecule has 0 aliphatic carbocycles. The molecule has 3 aromatic rings. The van der Waals surface area contributed by atoms with Gasteiger partial charge >= 0.3 is 5.97 Å². The third-order valence-corrected chi connectivity index (χ3v) is 5.47. The monoisotopic (exact) mass is 398 g/mol. The fourth-order valence-corrected chi connectivity index (χ4v) is 4.00. The van der Waals surface area contributed by atoms with E-state index in [0.29, 0.717) is 34.2 Å². The van der Waals surface area contributed by atoms with Crippen molar-refractivity contribution >= 4 is 23.5 Å². The Morgan fingerprint density at radius 2 is 1.89 bits per heavy atom. The van der Waals surface area contributed by atoms with E-state index < -0.39 is 5.97 Å². The fourth-order valence-electron chi connectivity index (χ4n) is 3.12. The Balaban J connectivity index is 1.79. The van der Waals surface area contributed by atoms with Crippen LogP contribution in [0, 0.1) is 13.8 Å². The summed E-state index contributed by atoms with van der Waals surface area (Å²) in [6.07, 6.45) is 0. The molecule has 146 valence electrons. The molecule has 0 aliphatic rings. The van der Waals surface area contributed by atoms with Crippen LogP contribution in [0.4, 0.5) is 0 Å². The van der Waals surface area contributed by atoms with Gasteiger partial charge in [-0.05, 0) is 26.3 Å². The van der Waals surface area contributed by atoms with Crippen molar-refractivity contribution in [1.82, 2.24) is 19.7 Å². The first kappa shape index (κ1) is 19.9. The van der Waals surface area contributed by atoms with E-state index in [0.717, 1.165) is 11.4 Å². The second kappa shape index (κ2) is 8.43. The smallest absolute Gasteiger partial charge is 0.339 e. The molecular formula is C20H22N4O3S. The standard InChI is InChI=1S/C20H22N4O3S/c1-5-24-18(14-9-7-6-8-10-14)22-23-20(24)28-11-15(25)17-12(2)16(13(3)21-17)19(26)27-4/h6-10,21H,5,11H2,1-4H3. The van der Waals surface area contributed by atoms with E-state index in [1.54, 1.807) is 13.8 Å². The lowest BCUT2D eigenvalue weighted by atomic mass is 10.1. The van der Waals surface area contributed by atoms with E-state index in [1.807, 2.05) is 41.8 Å². The minimum Gasteiger partial charge on any atom is -0.465 e. The number of rotatable bonds is 7. The van der Waals surface area contributed by atoms with Crippen LogP contribution in [0.3, 0.4) is 0 Å². The van der Waals surface area contributed by atoms with Crippen molar-refractivity contribution in [1.29, 1.82) is 0 Å². The van der Waals surface area contributed by atoms with Crippen molar-refractivity contribution in [2.75, 3.05) is 12.9 Å². The van der Waals surface area contributed by atoms with Gasteiger partial charge in [0.25, 0.3) is 0 Å².